The molecule has 8 heteroatoms. The maximum Gasteiger partial charge on any atom is 0.325 e. The van der Waals surface area contributed by atoms with Crippen LogP contribution in [-0.2, 0) is 15.1 Å². The first kappa shape index (κ1) is 20.2. The number of ether oxygens (including phenoxy) is 2. The second kappa shape index (κ2) is 7.73. The number of amides is 4. The van der Waals surface area contributed by atoms with Gasteiger partial charge >= 0.3 is 6.03 Å². The van der Waals surface area contributed by atoms with Gasteiger partial charge in [-0.15, -0.1) is 0 Å². The first-order chi connectivity index (χ1) is 15.0. The Hall–Kier alpha value is -2.77. The molecule has 3 atom stereocenters. The molecule has 2 saturated heterocycles. The lowest BCUT2D eigenvalue weighted by atomic mass is 9.78. The first-order valence-corrected chi connectivity index (χ1v) is 11.3. The number of nitrogens with one attached hydrogen (secondary N) is 1. The lowest BCUT2D eigenvalue weighted by molar-refractivity contribution is -0.142. The lowest BCUT2D eigenvalue weighted by Crippen LogP contribution is -2.53. The van der Waals surface area contributed by atoms with E-state index in [0.29, 0.717) is 42.7 Å². The van der Waals surface area contributed by atoms with Crippen LogP contribution in [-0.4, -0.2) is 60.0 Å². The van der Waals surface area contributed by atoms with E-state index in [1.807, 2.05) is 4.90 Å². The molecule has 3 unspecified atom stereocenters. The van der Waals surface area contributed by atoms with Crippen LogP contribution in [0.5, 0.6) is 11.5 Å². The minimum absolute atomic E-state index is 0.133. The molecule has 4 amide bonds. The molecule has 1 N–H and O–H groups in total. The molecule has 3 heterocycles. The van der Waals surface area contributed by atoms with Gasteiger partial charge in [-0.1, -0.05) is 18.9 Å². The fourth-order valence-corrected chi connectivity index (χ4v) is 5.55. The van der Waals surface area contributed by atoms with Gasteiger partial charge in [-0.2, -0.15) is 0 Å². The van der Waals surface area contributed by atoms with Gasteiger partial charge in [0.25, 0.3) is 5.91 Å². The standard InChI is InChI=1S/C23H29N3O5/c1-23(16-8-9-18-19(13-16)31-12-11-30-18)21(28)26(22(29)24-23)14-20(27)25-10-4-6-15-5-2-3-7-17(15)25/h8-9,13,15,17H,2-7,10-12,14H2,1H3,(H,24,29). The van der Waals surface area contributed by atoms with Crippen LogP contribution < -0.4 is 14.8 Å². The van der Waals surface area contributed by atoms with Crippen molar-refractivity contribution < 1.29 is 23.9 Å². The van der Waals surface area contributed by atoms with E-state index >= 15 is 0 Å². The molecular weight excluding hydrogens is 398 g/mol. The predicted octanol–water partition coefficient (Wildman–Crippen LogP) is 2.41. The van der Waals surface area contributed by atoms with E-state index < -0.39 is 17.5 Å². The van der Waals surface area contributed by atoms with Crippen LogP contribution in [0.25, 0.3) is 0 Å². The number of rotatable bonds is 3. The number of carbonyl (C=O) groups excluding carboxylic acids is 3. The zero-order valence-corrected chi connectivity index (χ0v) is 17.9. The highest BCUT2D eigenvalue weighted by molar-refractivity contribution is 6.09. The molecule has 5 rings (SSSR count). The van der Waals surface area contributed by atoms with Gasteiger partial charge in [0.1, 0.15) is 25.3 Å². The number of nitrogens with zero attached hydrogens (tertiary/aromatic N) is 2. The summed E-state index contributed by atoms with van der Waals surface area (Å²) in [5.74, 6) is 1.18. The van der Waals surface area contributed by atoms with Crippen LogP contribution in [0.1, 0.15) is 51.0 Å². The van der Waals surface area contributed by atoms with Crippen molar-refractivity contribution in [3.8, 4) is 11.5 Å². The molecule has 4 aliphatic rings. The Balaban J connectivity index is 1.33. The number of hydrogen-bond acceptors (Lipinski definition) is 5. The Morgan fingerprint density at radius 2 is 1.84 bits per heavy atom. The molecule has 1 aromatic carbocycles. The van der Waals surface area contributed by atoms with E-state index in [1.165, 1.54) is 19.3 Å². The van der Waals surface area contributed by atoms with E-state index in [4.69, 9.17) is 9.47 Å². The molecular formula is C23H29N3O5. The molecule has 0 radical (unpaired) electrons. The van der Waals surface area contributed by atoms with Gasteiger partial charge in [-0.3, -0.25) is 14.5 Å². The zero-order valence-electron chi connectivity index (χ0n) is 17.9. The Morgan fingerprint density at radius 1 is 1.10 bits per heavy atom. The van der Waals surface area contributed by atoms with Crippen molar-refractivity contribution in [2.45, 2.75) is 57.0 Å². The minimum atomic E-state index is -1.25. The summed E-state index contributed by atoms with van der Waals surface area (Å²) in [6.45, 7) is 3.08. The quantitative estimate of drug-likeness (QED) is 0.749. The van der Waals surface area contributed by atoms with Crippen LogP contribution in [0.3, 0.4) is 0 Å². The highest BCUT2D eigenvalue weighted by atomic mass is 16.6. The molecule has 0 bridgehead atoms. The summed E-state index contributed by atoms with van der Waals surface area (Å²) in [5, 5.41) is 2.79. The Morgan fingerprint density at radius 3 is 2.68 bits per heavy atom. The predicted molar refractivity (Wildman–Crippen MR) is 112 cm³/mol. The molecule has 1 aromatic rings. The van der Waals surface area contributed by atoms with E-state index in [9.17, 15) is 14.4 Å². The van der Waals surface area contributed by atoms with Gasteiger partial charge < -0.3 is 19.7 Å². The van der Waals surface area contributed by atoms with Crippen LogP contribution in [0.15, 0.2) is 18.2 Å². The summed E-state index contributed by atoms with van der Waals surface area (Å²) >= 11 is 0. The third kappa shape index (κ3) is 3.42. The molecule has 3 fully saturated rings. The molecule has 0 aromatic heterocycles. The van der Waals surface area contributed by atoms with Crippen LogP contribution >= 0.6 is 0 Å². The van der Waals surface area contributed by atoms with Crippen molar-refractivity contribution in [2.24, 2.45) is 5.92 Å². The fourth-order valence-electron chi connectivity index (χ4n) is 5.55. The highest BCUT2D eigenvalue weighted by Crippen LogP contribution is 2.38. The third-order valence-corrected chi connectivity index (χ3v) is 7.25. The summed E-state index contributed by atoms with van der Waals surface area (Å²) in [5.41, 5.74) is -0.641. The number of piperidine rings is 1. The van der Waals surface area contributed by atoms with Gasteiger partial charge in [0.2, 0.25) is 5.91 Å². The average Bonchev–Trinajstić information content (AvgIpc) is 3.02. The maximum atomic E-state index is 13.3. The van der Waals surface area contributed by atoms with Gasteiger partial charge in [0, 0.05) is 12.6 Å². The van der Waals surface area contributed by atoms with Gasteiger partial charge in [-0.25, -0.2) is 4.79 Å². The number of likely N-dealkylation sites (tertiary alicyclic amines) is 1. The zero-order chi connectivity index (χ0) is 21.6. The van der Waals surface area contributed by atoms with Crippen LogP contribution in [0.2, 0.25) is 0 Å². The van der Waals surface area contributed by atoms with Crippen molar-refractivity contribution in [2.75, 3.05) is 26.3 Å². The Labute approximate surface area is 181 Å². The van der Waals surface area contributed by atoms with E-state index in [-0.39, 0.29) is 18.5 Å². The number of carbonyl (C=O) groups is 3. The van der Waals surface area contributed by atoms with E-state index in [0.717, 1.165) is 24.2 Å². The molecule has 166 valence electrons. The van der Waals surface area contributed by atoms with Crippen molar-refractivity contribution in [1.29, 1.82) is 0 Å². The van der Waals surface area contributed by atoms with Crippen molar-refractivity contribution in [3.05, 3.63) is 23.8 Å². The highest BCUT2D eigenvalue weighted by Gasteiger charge is 2.50. The smallest absolute Gasteiger partial charge is 0.325 e. The van der Waals surface area contributed by atoms with E-state index in [2.05, 4.69) is 5.32 Å². The van der Waals surface area contributed by atoms with Gasteiger partial charge in [-0.05, 0) is 56.2 Å². The lowest BCUT2D eigenvalue weighted by Gasteiger charge is -2.44. The summed E-state index contributed by atoms with van der Waals surface area (Å²) in [6.07, 6.45) is 6.70. The number of hydrogen-bond donors (Lipinski definition) is 1. The topological polar surface area (TPSA) is 88.2 Å². The molecule has 1 saturated carbocycles. The van der Waals surface area contributed by atoms with Crippen LogP contribution in [0, 0.1) is 5.92 Å². The Kier molecular flexibility index (Phi) is 5.02. The summed E-state index contributed by atoms with van der Waals surface area (Å²) < 4.78 is 11.2. The largest absolute Gasteiger partial charge is 0.486 e. The van der Waals surface area contributed by atoms with E-state index in [1.54, 1.807) is 25.1 Å². The maximum absolute atomic E-state index is 13.3. The normalized spacial score (nSPS) is 30.1. The molecule has 31 heavy (non-hydrogen) atoms. The van der Waals surface area contributed by atoms with Crippen molar-refractivity contribution in [1.82, 2.24) is 15.1 Å². The SMILES string of the molecule is CC1(c2ccc3c(c2)OCCO3)NC(=O)N(CC(=O)N2CCCC3CCCCC32)C1=O. The second-order valence-electron chi connectivity index (χ2n) is 9.15. The van der Waals surface area contributed by atoms with Gasteiger partial charge in [0.05, 0.1) is 0 Å². The van der Waals surface area contributed by atoms with Crippen LogP contribution in [0.4, 0.5) is 4.79 Å². The molecule has 3 aliphatic heterocycles. The van der Waals surface area contributed by atoms with Crippen molar-refractivity contribution in [3.63, 3.8) is 0 Å². The van der Waals surface area contributed by atoms with Gasteiger partial charge in [0.15, 0.2) is 11.5 Å². The summed E-state index contributed by atoms with van der Waals surface area (Å²) in [6, 6.07) is 4.95. The number of urea groups is 1. The number of fused-ring (bicyclic) bond motifs is 2. The molecule has 1 aliphatic carbocycles. The second-order valence-corrected chi connectivity index (χ2v) is 9.15. The molecule has 8 nitrogen and oxygen atoms in total. The monoisotopic (exact) mass is 427 g/mol. The number of benzene rings is 1. The first-order valence-electron chi connectivity index (χ1n) is 11.3. The Bertz CT molecular complexity index is 916. The third-order valence-electron chi connectivity index (χ3n) is 7.25. The molecule has 0 spiro atoms. The summed E-state index contributed by atoms with van der Waals surface area (Å²) in [7, 11) is 0. The summed E-state index contributed by atoms with van der Waals surface area (Å²) in [4.78, 5) is 42.2. The number of imide groups is 1. The average molecular weight is 428 g/mol. The fraction of sp³-hybridized carbons (Fsp3) is 0.609. The van der Waals surface area contributed by atoms with Crippen molar-refractivity contribution >= 4 is 17.8 Å². The minimum Gasteiger partial charge on any atom is -0.486 e.